The fraction of sp³-hybridized carbons (Fsp3) is 0.600. The third-order valence-corrected chi connectivity index (χ3v) is 0.909. The molecule has 57 valence electrons. The third-order valence-electron chi connectivity index (χ3n) is 0.909. The first kappa shape index (κ1) is 8.90. The van der Waals surface area contributed by atoms with E-state index in [2.05, 4.69) is 0 Å². The second kappa shape index (κ2) is 3.84. The molecule has 5 nitrogen and oxygen atoms in total. The van der Waals surface area contributed by atoms with Gasteiger partial charge in [-0.1, -0.05) is 6.92 Å². The Morgan fingerprint density at radius 2 is 1.70 bits per heavy atom. The number of carbonyl (C=O) groups is 2. The van der Waals surface area contributed by atoms with Gasteiger partial charge in [0.2, 0.25) is 0 Å². The summed E-state index contributed by atoms with van der Waals surface area (Å²) < 4.78 is 0. The zero-order valence-corrected chi connectivity index (χ0v) is 5.57. The average molecular weight is 147 g/mol. The Morgan fingerprint density at radius 3 is 1.80 bits per heavy atom. The van der Waals surface area contributed by atoms with Crippen LogP contribution in [0.3, 0.4) is 0 Å². The zero-order chi connectivity index (χ0) is 8.15. The lowest BCUT2D eigenvalue weighted by Crippen LogP contribution is -2.40. The molecule has 0 heterocycles. The molecule has 0 aromatic rings. The van der Waals surface area contributed by atoms with E-state index in [1.165, 1.54) is 0 Å². The molecule has 0 saturated carbocycles. The minimum atomic E-state index is -1.42. The number of carboxylic acid groups (broad SMARTS) is 2. The first-order chi connectivity index (χ1) is 4.59. The van der Waals surface area contributed by atoms with E-state index < -0.39 is 12.2 Å². The van der Waals surface area contributed by atoms with Crippen molar-refractivity contribution in [3.05, 3.63) is 0 Å². The van der Waals surface area contributed by atoms with Crippen molar-refractivity contribution < 1.29 is 19.8 Å². The molecule has 0 aliphatic heterocycles. The highest BCUT2D eigenvalue weighted by molar-refractivity contribution is 5.89. The van der Waals surface area contributed by atoms with Crippen molar-refractivity contribution >= 4 is 12.2 Å². The number of imide groups is 1. The predicted octanol–water partition coefficient (Wildman–Crippen LogP) is 0.893. The molecule has 0 aliphatic carbocycles. The number of rotatable bonds is 2. The van der Waals surface area contributed by atoms with Crippen molar-refractivity contribution in [3.63, 3.8) is 0 Å². The third kappa shape index (κ3) is 2.45. The second-order valence-corrected chi connectivity index (χ2v) is 1.72. The highest BCUT2D eigenvalue weighted by atomic mass is 16.4. The molecule has 0 aromatic heterocycles. The van der Waals surface area contributed by atoms with Crippen LogP contribution in [0.5, 0.6) is 0 Å². The van der Waals surface area contributed by atoms with Crippen molar-refractivity contribution in [1.82, 2.24) is 4.90 Å². The Balaban J connectivity index is 3.98. The molecule has 0 saturated heterocycles. The van der Waals surface area contributed by atoms with Crippen LogP contribution >= 0.6 is 0 Å². The molecule has 0 unspecified atom stereocenters. The van der Waals surface area contributed by atoms with E-state index in [1.807, 2.05) is 0 Å². The summed E-state index contributed by atoms with van der Waals surface area (Å²) in [5, 5.41) is 16.4. The Kier molecular flexibility index (Phi) is 3.42. The molecule has 0 rings (SSSR count). The van der Waals surface area contributed by atoms with Gasteiger partial charge in [0.05, 0.1) is 0 Å². The zero-order valence-electron chi connectivity index (χ0n) is 5.57. The highest BCUT2D eigenvalue weighted by Crippen LogP contribution is 1.87. The van der Waals surface area contributed by atoms with Gasteiger partial charge < -0.3 is 10.2 Å². The van der Waals surface area contributed by atoms with E-state index in [1.54, 1.807) is 6.92 Å². The van der Waals surface area contributed by atoms with Crippen LogP contribution in [0.2, 0.25) is 0 Å². The molecule has 0 spiro atoms. The topological polar surface area (TPSA) is 80.5 Å². The molecule has 0 atom stereocenters. The number of nitrogens with zero attached hydrogens (tertiary/aromatic N) is 1. The summed E-state index contributed by atoms with van der Waals surface area (Å²) in [6, 6.07) is 0. The van der Waals surface area contributed by atoms with Crippen LogP contribution in [0.15, 0.2) is 0 Å². The lowest BCUT2D eigenvalue weighted by atomic mass is 10.4. The highest BCUT2D eigenvalue weighted by Gasteiger charge is 2.33. The van der Waals surface area contributed by atoms with Gasteiger partial charge in [-0.2, -0.15) is 9.59 Å². The minimum absolute atomic E-state index is 0.0324. The summed E-state index contributed by atoms with van der Waals surface area (Å²) in [5.74, 6) is 0. The standard InChI is InChI=1S/C5H9NO4/c1-2-3-6(4(7)8)5(9)10/h2-3H2,1H3,(H,7,8)(H,9,10)/q+1. The van der Waals surface area contributed by atoms with Crippen LogP contribution < -0.4 is 4.90 Å². The maximum atomic E-state index is 10.1. The Hall–Kier alpha value is -1.10. The van der Waals surface area contributed by atoms with Crippen molar-refractivity contribution in [3.8, 4) is 0 Å². The molecule has 0 aliphatic rings. The van der Waals surface area contributed by atoms with Crippen LogP contribution in [0.1, 0.15) is 13.3 Å². The Bertz CT molecular complexity index is 131. The van der Waals surface area contributed by atoms with Crippen molar-refractivity contribution in [2.24, 2.45) is 0 Å². The molecule has 0 fully saturated rings. The summed E-state index contributed by atoms with van der Waals surface area (Å²) in [5.41, 5.74) is 0. The lowest BCUT2D eigenvalue weighted by Gasteiger charge is -1.94. The molecular weight excluding hydrogens is 138 g/mol. The SMILES string of the molecule is CCC[N+](C(=O)O)C(=O)O. The Morgan fingerprint density at radius 1 is 1.30 bits per heavy atom. The summed E-state index contributed by atoms with van der Waals surface area (Å²) in [6.07, 6.45) is -2.35. The van der Waals surface area contributed by atoms with E-state index in [9.17, 15) is 9.59 Å². The van der Waals surface area contributed by atoms with Gasteiger partial charge in [0.15, 0.2) is 0 Å². The van der Waals surface area contributed by atoms with Crippen LogP contribution in [0, 0.1) is 0 Å². The molecule has 1 radical (unpaired) electrons. The van der Waals surface area contributed by atoms with Gasteiger partial charge in [0.25, 0.3) is 0 Å². The average Bonchev–Trinajstić information content (AvgIpc) is 1.81. The fourth-order valence-electron chi connectivity index (χ4n) is 0.497. The number of hydrogen-bond acceptors (Lipinski definition) is 2. The maximum absolute atomic E-state index is 10.1. The van der Waals surface area contributed by atoms with E-state index in [0.717, 1.165) is 0 Å². The van der Waals surface area contributed by atoms with Crippen molar-refractivity contribution in [2.75, 3.05) is 6.54 Å². The monoisotopic (exact) mass is 147 g/mol. The molecule has 0 aromatic carbocycles. The van der Waals surface area contributed by atoms with Gasteiger partial charge in [-0.3, -0.25) is 0 Å². The lowest BCUT2D eigenvalue weighted by molar-refractivity contribution is 0.148. The first-order valence-corrected chi connectivity index (χ1v) is 2.83. The number of amides is 2. The summed E-state index contributed by atoms with van der Waals surface area (Å²) in [7, 11) is 0. The molecule has 10 heavy (non-hydrogen) atoms. The molecule has 0 bridgehead atoms. The minimum Gasteiger partial charge on any atom is -0.431 e. The molecule has 2 amide bonds. The number of hydrogen-bond donors (Lipinski definition) is 2. The Labute approximate surface area is 57.9 Å². The van der Waals surface area contributed by atoms with Crippen molar-refractivity contribution in [2.45, 2.75) is 13.3 Å². The normalized spacial score (nSPS) is 9.80. The van der Waals surface area contributed by atoms with Gasteiger partial charge in [-0.15, -0.1) is 0 Å². The van der Waals surface area contributed by atoms with Gasteiger partial charge in [-0.25, -0.2) is 0 Å². The second-order valence-electron chi connectivity index (χ2n) is 1.72. The molecular formula is C5H9NO4+. The van der Waals surface area contributed by atoms with Crippen LogP contribution in [0.25, 0.3) is 0 Å². The van der Waals surface area contributed by atoms with E-state index in [4.69, 9.17) is 10.2 Å². The summed E-state index contributed by atoms with van der Waals surface area (Å²) >= 11 is 0. The summed E-state index contributed by atoms with van der Waals surface area (Å²) in [6.45, 7) is 1.74. The van der Waals surface area contributed by atoms with Crippen LogP contribution in [-0.2, 0) is 0 Å². The predicted molar refractivity (Wildman–Crippen MR) is 33.3 cm³/mol. The molecule has 2 N–H and O–H groups in total. The largest absolute Gasteiger partial charge is 0.575 e. The van der Waals surface area contributed by atoms with E-state index in [0.29, 0.717) is 11.3 Å². The summed E-state index contributed by atoms with van der Waals surface area (Å²) in [4.78, 5) is 20.5. The maximum Gasteiger partial charge on any atom is 0.575 e. The molecule has 5 heteroatoms. The van der Waals surface area contributed by atoms with Gasteiger partial charge >= 0.3 is 12.2 Å². The smallest absolute Gasteiger partial charge is 0.431 e. The first-order valence-electron chi connectivity index (χ1n) is 2.83. The quantitative estimate of drug-likeness (QED) is 0.568. The fourth-order valence-corrected chi connectivity index (χ4v) is 0.497. The van der Waals surface area contributed by atoms with Gasteiger partial charge in [0, 0.05) is 4.90 Å². The van der Waals surface area contributed by atoms with E-state index >= 15 is 0 Å². The van der Waals surface area contributed by atoms with Crippen LogP contribution in [-0.4, -0.2) is 28.9 Å². The van der Waals surface area contributed by atoms with Gasteiger partial charge in [0.1, 0.15) is 6.54 Å². The van der Waals surface area contributed by atoms with E-state index in [-0.39, 0.29) is 6.54 Å². The van der Waals surface area contributed by atoms with Gasteiger partial charge in [-0.05, 0) is 6.42 Å². The van der Waals surface area contributed by atoms with Crippen molar-refractivity contribution in [1.29, 1.82) is 0 Å². The van der Waals surface area contributed by atoms with Crippen LogP contribution in [0.4, 0.5) is 9.59 Å².